The molecule has 2 atom stereocenters. The number of ether oxygens (including phenoxy) is 1. The minimum Gasteiger partial charge on any atom is -0.449 e. The minimum absolute atomic E-state index is 0.0756. The third-order valence-electron chi connectivity index (χ3n) is 4.36. The molecule has 0 saturated carbocycles. The van der Waals surface area contributed by atoms with Crippen molar-refractivity contribution < 1.29 is 41.6 Å². The van der Waals surface area contributed by atoms with Gasteiger partial charge in [-0.25, -0.2) is 26.8 Å². The fraction of sp³-hybridized carbons (Fsp3) is 0.643. The van der Waals surface area contributed by atoms with Gasteiger partial charge in [0.2, 0.25) is 10.0 Å². The number of sulfone groups is 1. The highest BCUT2D eigenvalue weighted by Gasteiger charge is 2.42. The molecule has 0 aliphatic carbocycles. The molecule has 2 rings (SSSR count). The molecule has 166 valence electrons. The van der Waals surface area contributed by atoms with E-state index in [4.69, 9.17) is 20.3 Å². The lowest BCUT2D eigenvalue weighted by Crippen LogP contribution is -2.40. The van der Waals surface area contributed by atoms with Crippen LogP contribution in [0.15, 0.2) is 14.5 Å². The van der Waals surface area contributed by atoms with Gasteiger partial charge in [-0.2, -0.15) is 0 Å². The molecule has 29 heavy (non-hydrogen) atoms. The van der Waals surface area contributed by atoms with E-state index in [0.717, 1.165) is 0 Å². The van der Waals surface area contributed by atoms with E-state index in [1.165, 1.54) is 17.9 Å². The fourth-order valence-electron chi connectivity index (χ4n) is 2.93. The van der Waals surface area contributed by atoms with E-state index in [-0.39, 0.29) is 46.6 Å². The molecular formula is C14H23N3O9S3. The van der Waals surface area contributed by atoms with Crippen LogP contribution in [0.4, 0.5) is 4.79 Å². The van der Waals surface area contributed by atoms with Gasteiger partial charge in [0, 0.05) is 18.5 Å². The second kappa shape index (κ2) is 9.22. The summed E-state index contributed by atoms with van der Waals surface area (Å²) in [7, 11) is -7.85. The van der Waals surface area contributed by atoms with Crippen LogP contribution in [0.3, 0.4) is 0 Å². The van der Waals surface area contributed by atoms with E-state index in [9.17, 15) is 21.6 Å². The third kappa shape index (κ3) is 5.43. The van der Waals surface area contributed by atoms with Gasteiger partial charge in [-0.1, -0.05) is 0 Å². The van der Waals surface area contributed by atoms with Gasteiger partial charge in [0.05, 0.1) is 29.9 Å². The number of fused-ring (bicyclic) bond motifs is 1. The second-order valence-electron chi connectivity index (χ2n) is 6.30. The molecule has 4 N–H and O–H groups in total. The Morgan fingerprint density at radius 3 is 2.59 bits per heavy atom. The summed E-state index contributed by atoms with van der Waals surface area (Å²) in [5, 5.41) is 20.7. The summed E-state index contributed by atoms with van der Waals surface area (Å²) in [6, 6.07) is 0.499. The summed E-state index contributed by atoms with van der Waals surface area (Å²) in [5.74, 6) is 0. The smallest absolute Gasteiger partial charge is 0.410 e. The highest BCUT2D eigenvalue weighted by atomic mass is 32.3. The lowest BCUT2D eigenvalue weighted by atomic mass is 10.0. The van der Waals surface area contributed by atoms with Crippen LogP contribution in [0.5, 0.6) is 0 Å². The van der Waals surface area contributed by atoms with Crippen molar-refractivity contribution in [1.82, 2.24) is 10.3 Å². The predicted octanol–water partition coefficient (Wildman–Crippen LogP) is 0.863. The van der Waals surface area contributed by atoms with Crippen LogP contribution in [0.2, 0.25) is 0 Å². The zero-order valence-corrected chi connectivity index (χ0v) is 18.2. The summed E-state index contributed by atoms with van der Waals surface area (Å²) in [4.78, 5) is 18.2. The van der Waals surface area contributed by atoms with Crippen molar-refractivity contribution in [2.24, 2.45) is 5.14 Å². The first-order chi connectivity index (χ1) is 13.4. The van der Waals surface area contributed by atoms with Gasteiger partial charge in [-0.05, 0) is 26.3 Å². The molecule has 2 heterocycles. The topological polar surface area (TPSA) is 177 Å². The van der Waals surface area contributed by atoms with Gasteiger partial charge in [0.1, 0.15) is 8.42 Å². The van der Waals surface area contributed by atoms with Crippen molar-refractivity contribution in [2.45, 2.75) is 46.4 Å². The van der Waals surface area contributed by atoms with E-state index in [1.54, 1.807) is 6.92 Å². The zero-order valence-electron chi connectivity index (χ0n) is 15.7. The molecular weight excluding hydrogens is 450 g/mol. The molecule has 0 spiro atoms. The van der Waals surface area contributed by atoms with E-state index in [1.807, 2.05) is 0 Å². The first kappa shape index (κ1) is 23.9. The van der Waals surface area contributed by atoms with Crippen LogP contribution in [-0.4, -0.2) is 68.6 Å². The number of hydrogen-bond donors (Lipinski definition) is 3. The number of rotatable bonds is 8. The van der Waals surface area contributed by atoms with E-state index >= 15 is 0 Å². The van der Waals surface area contributed by atoms with E-state index < -0.39 is 42.6 Å². The van der Waals surface area contributed by atoms with Crippen molar-refractivity contribution in [3.8, 4) is 0 Å². The lowest BCUT2D eigenvalue weighted by molar-refractivity contribution is -0.492. The minimum atomic E-state index is -4.11. The number of amides is 1. The predicted molar refractivity (Wildman–Crippen MR) is 99.4 cm³/mol. The normalized spacial score (nSPS) is 21.0. The molecule has 0 bridgehead atoms. The molecule has 1 aromatic heterocycles. The fourth-order valence-corrected chi connectivity index (χ4v) is 7.33. The number of carbonyl (C=O) groups is 1. The first-order valence-corrected chi connectivity index (χ1v) is 12.4. The highest BCUT2D eigenvalue weighted by Crippen LogP contribution is 2.45. The molecule has 1 aromatic rings. The maximum Gasteiger partial charge on any atom is 0.410 e. The number of sulfonamides is 1. The Labute approximate surface area is 172 Å². The summed E-state index contributed by atoms with van der Waals surface area (Å²) < 4.78 is 53.5. The summed E-state index contributed by atoms with van der Waals surface area (Å²) in [6.07, 6.45) is -0.468. The molecule has 1 amide bonds. The van der Waals surface area contributed by atoms with Crippen LogP contribution in [-0.2, 0) is 29.4 Å². The van der Waals surface area contributed by atoms with Crippen LogP contribution in [0.1, 0.15) is 38.3 Å². The van der Waals surface area contributed by atoms with Gasteiger partial charge in [-0.3, -0.25) is 15.3 Å². The van der Waals surface area contributed by atoms with Gasteiger partial charge < -0.3 is 9.64 Å². The summed E-state index contributed by atoms with van der Waals surface area (Å²) >= 11 is 0.575. The van der Waals surface area contributed by atoms with Gasteiger partial charge >= 0.3 is 6.09 Å². The Morgan fingerprint density at radius 1 is 1.38 bits per heavy atom. The van der Waals surface area contributed by atoms with Crippen molar-refractivity contribution in [3.63, 3.8) is 0 Å². The highest BCUT2D eigenvalue weighted by molar-refractivity contribution is 7.95. The Bertz CT molecular complexity index is 943. The van der Waals surface area contributed by atoms with Crippen LogP contribution < -0.4 is 5.14 Å². The molecule has 0 aromatic carbocycles. The van der Waals surface area contributed by atoms with Gasteiger partial charge in [-0.15, -0.1) is 11.3 Å². The van der Waals surface area contributed by atoms with Crippen molar-refractivity contribution in [2.75, 3.05) is 19.8 Å². The third-order valence-corrected chi connectivity index (χ3v) is 9.67. The maximum absolute atomic E-state index is 12.7. The van der Waals surface area contributed by atoms with E-state index in [2.05, 4.69) is 4.84 Å². The number of thiophene rings is 1. The Kier molecular flexibility index (Phi) is 7.61. The quantitative estimate of drug-likeness (QED) is 0.362. The van der Waals surface area contributed by atoms with Crippen molar-refractivity contribution >= 4 is 37.3 Å². The standard InChI is InChI=1S/C14H23N3O9S3/c1-3-16(14(18)25-5-4-6-26-17(19)20)11-7-9(2)28(21,22)13-10(11)8-12(27-13)29(15,23)24/h8-9,11,19-20H,3-7H2,1-2H3,(H2,15,23,24). The molecule has 0 radical (unpaired) electrons. The molecule has 2 unspecified atom stereocenters. The summed E-state index contributed by atoms with van der Waals surface area (Å²) in [5.41, 5.74) is 0.204. The van der Waals surface area contributed by atoms with Crippen LogP contribution >= 0.6 is 11.3 Å². The number of primary sulfonamides is 1. The monoisotopic (exact) mass is 473 g/mol. The Balaban J connectivity index is 2.26. The Morgan fingerprint density at radius 2 is 2.03 bits per heavy atom. The van der Waals surface area contributed by atoms with E-state index in [0.29, 0.717) is 11.3 Å². The largest absolute Gasteiger partial charge is 0.449 e. The number of carbonyl (C=O) groups excluding carboxylic acids is 1. The van der Waals surface area contributed by atoms with Crippen LogP contribution in [0.25, 0.3) is 0 Å². The lowest BCUT2D eigenvalue weighted by Gasteiger charge is -2.35. The molecule has 1 aliphatic heterocycles. The number of nitrogens with two attached hydrogens (primary N) is 1. The van der Waals surface area contributed by atoms with Crippen LogP contribution in [0, 0.1) is 0 Å². The number of hydrogen-bond acceptors (Lipinski definition) is 11. The molecule has 12 nitrogen and oxygen atoms in total. The second-order valence-corrected chi connectivity index (χ2v) is 11.7. The van der Waals surface area contributed by atoms with Gasteiger partial charge in [0.15, 0.2) is 9.84 Å². The molecule has 0 saturated heterocycles. The summed E-state index contributed by atoms with van der Waals surface area (Å²) in [6.45, 7) is 3.17. The first-order valence-electron chi connectivity index (χ1n) is 8.54. The number of nitrogens with zero attached hydrogens (tertiary/aromatic N) is 2. The van der Waals surface area contributed by atoms with Crippen molar-refractivity contribution in [3.05, 3.63) is 11.6 Å². The molecule has 0 fully saturated rings. The van der Waals surface area contributed by atoms with Gasteiger partial charge in [0.25, 0.3) is 0 Å². The van der Waals surface area contributed by atoms with Crippen molar-refractivity contribution in [1.29, 1.82) is 0 Å². The Hall–Kier alpha value is -1.33. The molecule has 15 heteroatoms. The average Bonchev–Trinajstić information content (AvgIpc) is 3.06. The average molecular weight is 474 g/mol. The molecule has 1 aliphatic rings. The SMILES string of the molecule is CCN(C(=O)OCCCON(O)O)C1CC(C)S(=O)(=O)c2sc(S(N)(=O)=O)cc21. The maximum atomic E-state index is 12.7. The zero-order chi connectivity index (χ0) is 22.0.